The summed E-state index contributed by atoms with van der Waals surface area (Å²) in [5, 5.41) is 13.0. The minimum atomic E-state index is -0.283. The van der Waals surface area contributed by atoms with Crippen LogP contribution in [0.15, 0.2) is 94.1 Å². The molecule has 0 saturated carbocycles. The van der Waals surface area contributed by atoms with Crippen LogP contribution in [0.25, 0.3) is 44.2 Å². The predicted molar refractivity (Wildman–Crippen MR) is 118 cm³/mol. The average Bonchev–Trinajstić information content (AvgIpc) is 2.73. The van der Waals surface area contributed by atoms with E-state index in [1.807, 2.05) is 54.6 Å². The number of hydrogen-bond acceptors (Lipinski definition) is 3. The van der Waals surface area contributed by atoms with Crippen molar-refractivity contribution in [1.82, 2.24) is 0 Å². The standard InChI is InChI=1S/C25H15ClO3/c26-18-10-8-15(9-11-18)19-12-16-4-1-2-5-17(16)13-20(19)24-14-22(28)25-21(27)6-3-7-23(25)29-24/h1-14,27H. The number of halogens is 1. The number of rotatable bonds is 2. The molecule has 0 radical (unpaired) electrons. The van der Waals surface area contributed by atoms with Gasteiger partial charge >= 0.3 is 0 Å². The zero-order valence-electron chi connectivity index (χ0n) is 15.2. The van der Waals surface area contributed by atoms with Gasteiger partial charge < -0.3 is 9.52 Å². The van der Waals surface area contributed by atoms with Gasteiger partial charge in [-0.25, -0.2) is 0 Å². The monoisotopic (exact) mass is 398 g/mol. The molecule has 0 spiro atoms. The van der Waals surface area contributed by atoms with Gasteiger partial charge in [0.2, 0.25) is 0 Å². The first-order valence-corrected chi connectivity index (χ1v) is 9.53. The molecule has 0 saturated heterocycles. The molecule has 0 atom stereocenters. The maximum Gasteiger partial charge on any atom is 0.197 e. The maximum absolute atomic E-state index is 12.7. The van der Waals surface area contributed by atoms with E-state index in [4.69, 9.17) is 16.0 Å². The number of phenols is 1. The quantitative estimate of drug-likeness (QED) is 0.362. The van der Waals surface area contributed by atoms with E-state index < -0.39 is 0 Å². The van der Waals surface area contributed by atoms with Gasteiger partial charge in [0, 0.05) is 16.7 Å². The molecule has 140 valence electrons. The van der Waals surface area contributed by atoms with Gasteiger partial charge in [-0.1, -0.05) is 54.1 Å². The first kappa shape index (κ1) is 17.5. The van der Waals surface area contributed by atoms with E-state index in [0.717, 1.165) is 27.5 Å². The van der Waals surface area contributed by atoms with Crippen molar-refractivity contribution in [2.75, 3.05) is 0 Å². The number of phenolic OH excluding ortho intramolecular Hbond substituents is 1. The molecule has 29 heavy (non-hydrogen) atoms. The molecule has 5 aromatic rings. The normalized spacial score (nSPS) is 11.2. The van der Waals surface area contributed by atoms with Crippen LogP contribution >= 0.6 is 11.6 Å². The van der Waals surface area contributed by atoms with E-state index >= 15 is 0 Å². The zero-order valence-corrected chi connectivity index (χ0v) is 16.0. The Morgan fingerprint density at radius 1 is 0.759 bits per heavy atom. The fourth-order valence-corrected chi connectivity index (χ4v) is 3.76. The van der Waals surface area contributed by atoms with E-state index in [1.54, 1.807) is 12.1 Å². The molecule has 0 fully saturated rings. The lowest BCUT2D eigenvalue weighted by molar-refractivity contribution is 0.479. The maximum atomic E-state index is 12.7. The Kier molecular flexibility index (Phi) is 4.11. The second-order valence-corrected chi connectivity index (χ2v) is 7.31. The van der Waals surface area contributed by atoms with Crippen molar-refractivity contribution in [3.63, 3.8) is 0 Å². The summed E-state index contributed by atoms with van der Waals surface area (Å²) >= 11 is 6.07. The van der Waals surface area contributed by atoms with Gasteiger partial charge in [0.25, 0.3) is 0 Å². The average molecular weight is 399 g/mol. The number of benzene rings is 4. The molecule has 0 amide bonds. The van der Waals surface area contributed by atoms with Crippen LogP contribution in [0.5, 0.6) is 5.75 Å². The van der Waals surface area contributed by atoms with E-state index in [2.05, 4.69) is 6.07 Å². The molecule has 1 N–H and O–H groups in total. The van der Waals surface area contributed by atoms with Gasteiger partial charge in [-0.3, -0.25) is 4.79 Å². The van der Waals surface area contributed by atoms with Crippen molar-refractivity contribution >= 4 is 33.3 Å². The third-order valence-electron chi connectivity index (χ3n) is 5.04. The number of aromatic hydroxyl groups is 1. The Hall–Kier alpha value is -3.56. The lowest BCUT2D eigenvalue weighted by Crippen LogP contribution is -2.01. The van der Waals surface area contributed by atoms with Crippen LogP contribution in [0, 0.1) is 0 Å². The molecule has 3 nitrogen and oxygen atoms in total. The van der Waals surface area contributed by atoms with Gasteiger partial charge in [0.15, 0.2) is 5.43 Å². The smallest absolute Gasteiger partial charge is 0.197 e. The van der Waals surface area contributed by atoms with Crippen LogP contribution in [0.4, 0.5) is 0 Å². The Morgan fingerprint density at radius 2 is 1.45 bits per heavy atom. The highest BCUT2D eigenvalue weighted by Gasteiger charge is 2.15. The summed E-state index contributed by atoms with van der Waals surface area (Å²) < 4.78 is 6.06. The van der Waals surface area contributed by atoms with E-state index in [9.17, 15) is 9.90 Å². The Bertz CT molecular complexity index is 1430. The molecule has 5 rings (SSSR count). The Labute approximate surface area is 171 Å². The highest BCUT2D eigenvalue weighted by molar-refractivity contribution is 6.30. The molecular formula is C25H15ClO3. The third-order valence-corrected chi connectivity index (χ3v) is 5.29. The van der Waals surface area contributed by atoms with Crippen molar-refractivity contribution in [2.45, 2.75) is 0 Å². The molecule has 0 aliphatic heterocycles. The van der Waals surface area contributed by atoms with Crippen LogP contribution < -0.4 is 5.43 Å². The summed E-state index contributed by atoms with van der Waals surface area (Å²) in [6, 6.07) is 26.0. The van der Waals surface area contributed by atoms with Crippen molar-refractivity contribution in [1.29, 1.82) is 0 Å². The van der Waals surface area contributed by atoms with Crippen LogP contribution in [0.1, 0.15) is 0 Å². The topological polar surface area (TPSA) is 50.4 Å². The van der Waals surface area contributed by atoms with Crippen molar-refractivity contribution in [2.24, 2.45) is 0 Å². The molecule has 1 heterocycles. The predicted octanol–water partition coefficient (Wildman–Crippen LogP) is 6.64. The van der Waals surface area contributed by atoms with Gasteiger partial charge in [0.05, 0.1) is 0 Å². The summed E-state index contributed by atoms with van der Waals surface area (Å²) in [4.78, 5) is 12.7. The molecule has 0 unspecified atom stereocenters. The summed E-state index contributed by atoms with van der Waals surface area (Å²) in [6.45, 7) is 0. The van der Waals surface area contributed by atoms with Gasteiger partial charge in [-0.15, -0.1) is 0 Å². The second kappa shape index (κ2) is 6.80. The van der Waals surface area contributed by atoms with Crippen LogP contribution in [0.3, 0.4) is 0 Å². The highest BCUT2D eigenvalue weighted by Crippen LogP contribution is 2.37. The Morgan fingerprint density at radius 3 is 2.17 bits per heavy atom. The van der Waals surface area contributed by atoms with E-state index in [0.29, 0.717) is 16.4 Å². The molecule has 0 aliphatic carbocycles. The zero-order chi connectivity index (χ0) is 20.0. The summed E-state index contributed by atoms with van der Waals surface area (Å²) in [5.74, 6) is 0.364. The highest BCUT2D eigenvalue weighted by atomic mass is 35.5. The first-order chi connectivity index (χ1) is 14.1. The number of hydrogen-bond donors (Lipinski definition) is 1. The lowest BCUT2D eigenvalue weighted by Gasteiger charge is -2.12. The molecule has 1 aromatic heterocycles. The van der Waals surface area contributed by atoms with E-state index in [-0.39, 0.29) is 16.6 Å². The van der Waals surface area contributed by atoms with Crippen molar-refractivity contribution in [3.05, 3.63) is 100 Å². The molecule has 4 heteroatoms. The molecule has 0 aliphatic rings. The Balaban J connectivity index is 1.84. The summed E-state index contributed by atoms with van der Waals surface area (Å²) in [5.41, 5.74) is 2.77. The first-order valence-electron chi connectivity index (χ1n) is 9.15. The SMILES string of the molecule is O=c1cc(-c2cc3ccccc3cc2-c2ccc(Cl)cc2)oc2cccc(O)c12. The van der Waals surface area contributed by atoms with Crippen LogP contribution in [-0.2, 0) is 0 Å². The lowest BCUT2D eigenvalue weighted by atomic mass is 9.94. The van der Waals surface area contributed by atoms with Crippen molar-refractivity contribution < 1.29 is 9.52 Å². The van der Waals surface area contributed by atoms with Crippen LogP contribution in [0.2, 0.25) is 5.02 Å². The van der Waals surface area contributed by atoms with Crippen LogP contribution in [-0.4, -0.2) is 5.11 Å². The number of fused-ring (bicyclic) bond motifs is 2. The fraction of sp³-hybridized carbons (Fsp3) is 0. The van der Waals surface area contributed by atoms with Gasteiger partial charge in [-0.2, -0.15) is 0 Å². The largest absolute Gasteiger partial charge is 0.507 e. The summed E-state index contributed by atoms with van der Waals surface area (Å²) in [7, 11) is 0. The fourth-order valence-electron chi connectivity index (χ4n) is 3.64. The van der Waals surface area contributed by atoms with Crippen molar-refractivity contribution in [3.8, 4) is 28.2 Å². The second-order valence-electron chi connectivity index (χ2n) is 6.88. The molecule has 0 bridgehead atoms. The van der Waals surface area contributed by atoms with E-state index in [1.165, 1.54) is 12.1 Å². The third kappa shape index (κ3) is 3.06. The van der Waals surface area contributed by atoms with Gasteiger partial charge in [-0.05, 0) is 58.3 Å². The minimum absolute atomic E-state index is 0.0840. The molecular weight excluding hydrogens is 384 g/mol. The summed E-state index contributed by atoms with van der Waals surface area (Å²) in [6.07, 6.45) is 0. The van der Waals surface area contributed by atoms with Gasteiger partial charge in [0.1, 0.15) is 22.5 Å². The molecule has 4 aromatic carbocycles. The minimum Gasteiger partial charge on any atom is -0.507 e.